The largest absolute Gasteiger partial charge is 0.353 e. The lowest BCUT2D eigenvalue weighted by Crippen LogP contribution is -2.37. The summed E-state index contributed by atoms with van der Waals surface area (Å²) in [6, 6.07) is 9.08. The number of pyridine rings is 1. The molecule has 2 aliphatic rings. The molecule has 2 heterocycles. The van der Waals surface area contributed by atoms with Gasteiger partial charge in [-0.3, -0.25) is 9.78 Å². The Morgan fingerprint density at radius 1 is 1.10 bits per heavy atom. The molecule has 1 aliphatic heterocycles. The molecule has 0 spiro atoms. The van der Waals surface area contributed by atoms with Crippen LogP contribution in [0.2, 0.25) is 0 Å². The van der Waals surface area contributed by atoms with Gasteiger partial charge in [-0.25, -0.2) is 0 Å². The van der Waals surface area contributed by atoms with E-state index in [1.807, 2.05) is 34.0 Å². The zero-order valence-electron chi connectivity index (χ0n) is 17.1. The normalized spacial score (nSPS) is 24.6. The second-order valence-electron chi connectivity index (χ2n) is 8.58. The number of hydrogen-bond acceptors (Lipinski definition) is 4. The molecule has 4 rings (SSSR count). The fourth-order valence-electron chi connectivity index (χ4n) is 4.71. The Hall–Kier alpha value is -1.20. The van der Waals surface area contributed by atoms with Gasteiger partial charge in [0.25, 0.3) is 0 Å². The molecule has 2 aromatic rings. The molecule has 29 heavy (non-hydrogen) atoms. The standard InChI is InChI=1S/C24H32N2OS2/c27-24(7-2-1-6-22-13-15-28-29-22)26-21-10-8-18(9-11-21)16-19-4-3-5-20-17-25-14-12-23(19)20/h3-5,12,14,17-18,21-22H,1-2,6-11,13,15-16H2,(H,26,27). The third-order valence-corrected chi connectivity index (χ3v) is 9.41. The van der Waals surface area contributed by atoms with E-state index in [1.165, 1.54) is 54.2 Å². The Bertz CT molecular complexity index is 793. The molecule has 3 nitrogen and oxygen atoms in total. The SMILES string of the molecule is O=C(CCCCC1CCSS1)NC1CCC(Cc2cccc3cnccc23)CC1. The first-order valence-electron chi connectivity index (χ1n) is 11.2. The zero-order valence-corrected chi connectivity index (χ0v) is 18.8. The molecule has 1 saturated heterocycles. The van der Waals surface area contributed by atoms with Crippen LogP contribution in [0, 0.1) is 5.92 Å². The van der Waals surface area contributed by atoms with Gasteiger partial charge in [-0.1, -0.05) is 46.2 Å². The summed E-state index contributed by atoms with van der Waals surface area (Å²) in [5, 5.41) is 6.71. The Morgan fingerprint density at radius 3 is 2.83 bits per heavy atom. The van der Waals surface area contributed by atoms with Crippen LogP contribution in [0.15, 0.2) is 36.7 Å². The summed E-state index contributed by atoms with van der Waals surface area (Å²) in [7, 11) is 4.05. The van der Waals surface area contributed by atoms with Crippen LogP contribution in [0.1, 0.15) is 63.4 Å². The average molecular weight is 429 g/mol. The number of unbranched alkanes of at least 4 members (excludes halogenated alkanes) is 1. The fourth-order valence-corrected chi connectivity index (χ4v) is 7.74. The Labute approximate surface area is 182 Å². The fraction of sp³-hybridized carbons (Fsp3) is 0.583. The maximum absolute atomic E-state index is 12.3. The van der Waals surface area contributed by atoms with Gasteiger partial charge in [0, 0.05) is 41.2 Å². The minimum atomic E-state index is 0.267. The topological polar surface area (TPSA) is 42.0 Å². The molecule has 1 aromatic carbocycles. The maximum Gasteiger partial charge on any atom is 0.220 e. The van der Waals surface area contributed by atoms with E-state index in [4.69, 9.17) is 0 Å². The Kier molecular flexibility index (Phi) is 7.78. The third-order valence-electron chi connectivity index (χ3n) is 6.40. The lowest BCUT2D eigenvalue weighted by atomic mass is 9.81. The minimum absolute atomic E-state index is 0.267. The molecule has 1 aromatic heterocycles. The van der Waals surface area contributed by atoms with Gasteiger partial charge in [-0.05, 0) is 74.3 Å². The van der Waals surface area contributed by atoms with Gasteiger partial charge in [0.1, 0.15) is 0 Å². The number of amides is 1. The number of aromatic nitrogens is 1. The van der Waals surface area contributed by atoms with Crippen LogP contribution in [0.5, 0.6) is 0 Å². The average Bonchev–Trinajstić information content (AvgIpc) is 3.27. The second-order valence-corrected chi connectivity index (χ2v) is 11.4. The number of carbonyl (C=O) groups is 1. The van der Waals surface area contributed by atoms with Crippen molar-refractivity contribution in [3.63, 3.8) is 0 Å². The molecule has 0 radical (unpaired) electrons. The molecular formula is C24H32N2OS2. The predicted octanol–water partition coefficient (Wildman–Crippen LogP) is 6.17. The highest BCUT2D eigenvalue weighted by Gasteiger charge is 2.23. The first kappa shape index (κ1) is 21.0. The summed E-state index contributed by atoms with van der Waals surface area (Å²) in [5.74, 6) is 2.29. The van der Waals surface area contributed by atoms with Crippen LogP contribution >= 0.6 is 21.6 Å². The molecule has 0 bridgehead atoms. The van der Waals surface area contributed by atoms with Crippen molar-refractivity contribution in [2.75, 3.05) is 5.75 Å². The van der Waals surface area contributed by atoms with Gasteiger partial charge in [0.05, 0.1) is 0 Å². The summed E-state index contributed by atoms with van der Waals surface area (Å²) >= 11 is 0. The van der Waals surface area contributed by atoms with Crippen molar-refractivity contribution in [1.29, 1.82) is 0 Å². The van der Waals surface area contributed by atoms with E-state index in [1.54, 1.807) is 0 Å². The van der Waals surface area contributed by atoms with E-state index >= 15 is 0 Å². The summed E-state index contributed by atoms with van der Waals surface area (Å²) in [4.78, 5) is 16.5. The Morgan fingerprint density at radius 2 is 2.00 bits per heavy atom. The lowest BCUT2D eigenvalue weighted by molar-refractivity contribution is -0.122. The molecule has 1 amide bonds. The molecule has 1 unspecified atom stereocenters. The lowest BCUT2D eigenvalue weighted by Gasteiger charge is -2.29. The summed E-state index contributed by atoms with van der Waals surface area (Å²) in [5.41, 5.74) is 1.44. The highest BCUT2D eigenvalue weighted by molar-refractivity contribution is 8.77. The van der Waals surface area contributed by atoms with Crippen LogP contribution in [0.25, 0.3) is 10.8 Å². The number of nitrogens with zero attached hydrogens (tertiary/aromatic N) is 1. The van der Waals surface area contributed by atoms with E-state index in [2.05, 4.69) is 34.6 Å². The molecule has 1 saturated carbocycles. The van der Waals surface area contributed by atoms with Crippen molar-refractivity contribution < 1.29 is 4.79 Å². The van der Waals surface area contributed by atoms with Crippen molar-refractivity contribution in [1.82, 2.24) is 10.3 Å². The van der Waals surface area contributed by atoms with Gasteiger partial charge >= 0.3 is 0 Å². The van der Waals surface area contributed by atoms with Crippen molar-refractivity contribution in [2.24, 2.45) is 5.92 Å². The number of carbonyl (C=O) groups excluding carboxylic acids is 1. The summed E-state index contributed by atoms with van der Waals surface area (Å²) in [6.07, 6.45) is 15.2. The van der Waals surface area contributed by atoms with Crippen molar-refractivity contribution in [2.45, 2.75) is 75.5 Å². The van der Waals surface area contributed by atoms with E-state index in [9.17, 15) is 4.79 Å². The molecule has 156 valence electrons. The molecule has 1 N–H and O–H groups in total. The van der Waals surface area contributed by atoms with Gasteiger partial charge < -0.3 is 5.32 Å². The Balaban J connectivity index is 1.16. The number of benzene rings is 1. The number of hydrogen-bond donors (Lipinski definition) is 1. The van der Waals surface area contributed by atoms with Crippen molar-refractivity contribution >= 4 is 38.3 Å². The van der Waals surface area contributed by atoms with Crippen LogP contribution < -0.4 is 5.32 Å². The van der Waals surface area contributed by atoms with Crippen molar-refractivity contribution in [3.8, 4) is 0 Å². The van der Waals surface area contributed by atoms with Crippen LogP contribution in [-0.2, 0) is 11.2 Å². The second kappa shape index (κ2) is 10.7. The molecule has 1 atom stereocenters. The molecule has 2 fully saturated rings. The van der Waals surface area contributed by atoms with Crippen molar-refractivity contribution in [3.05, 3.63) is 42.2 Å². The van der Waals surface area contributed by atoms with Crippen LogP contribution in [0.3, 0.4) is 0 Å². The van der Waals surface area contributed by atoms with Gasteiger partial charge in [-0.15, -0.1) is 0 Å². The predicted molar refractivity (Wildman–Crippen MR) is 126 cm³/mol. The maximum atomic E-state index is 12.3. The van der Waals surface area contributed by atoms with E-state index < -0.39 is 0 Å². The highest BCUT2D eigenvalue weighted by atomic mass is 33.1. The van der Waals surface area contributed by atoms with E-state index in [0.29, 0.717) is 12.5 Å². The van der Waals surface area contributed by atoms with E-state index in [0.717, 1.165) is 36.9 Å². The first-order valence-corrected chi connectivity index (χ1v) is 13.6. The molecule has 1 aliphatic carbocycles. The zero-order chi connectivity index (χ0) is 19.9. The number of fused-ring (bicyclic) bond motifs is 1. The molecule has 5 heteroatoms. The monoisotopic (exact) mass is 428 g/mol. The first-order chi connectivity index (χ1) is 14.3. The number of rotatable bonds is 8. The highest BCUT2D eigenvalue weighted by Crippen LogP contribution is 2.39. The minimum Gasteiger partial charge on any atom is -0.353 e. The summed E-state index contributed by atoms with van der Waals surface area (Å²) in [6.45, 7) is 0. The van der Waals surface area contributed by atoms with Crippen LogP contribution in [-0.4, -0.2) is 27.9 Å². The van der Waals surface area contributed by atoms with Gasteiger partial charge in [0.15, 0.2) is 0 Å². The quantitative estimate of drug-likeness (QED) is 0.403. The van der Waals surface area contributed by atoms with E-state index in [-0.39, 0.29) is 5.91 Å². The van der Waals surface area contributed by atoms with Crippen LogP contribution in [0.4, 0.5) is 0 Å². The van der Waals surface area contributed by atoms with Gasteiger partial charge in [0.2, 0.25) is 5.91 Å². The summed E-state index contributed by atoms with van der Waals surface area (Å²) < 4.78 is 0. The smallest absolute Gasteiger partial charge is 0.220 e. The molecular weight excluding hydrogens is 396 g/mol. The number of nitrogens with one attached hydrogen (secondary N) is 1. The van der Waals surface area contributed by atoms with Gasteiger partial charge in [-0.2, -0.15) is 0 Å². The third kappa shape index (κ3) is 6.14.